The zero-order chi connectivity index (χ0) is 25.4. The molecule has 0 unspecified atom stereocenters. The van der Waals surface area contributed by atoms with E-state index in [2.05, 4.69) is 21.8 Å². The van der Waals surface area contributed by atoms with Crippen LogP contribution < -0.4 is 4.90 Å². The SMILES string of the molecule is C[C@H]1CN(C(=O)OC(C)(C)C)CCN1c1ncnc2c1c(-c1ccccn1)cn2-c1cccc(Cl)c1. The third kappa shape index (κ3) is 4.73. The fraction of sp³-hybridized carbons (Fsp3) is 0.333. The van der Waals surface area contributed by atoms with Gasteiger partial charge in [0.25, 0.3) is 0 Å². The van der Waals surface area contributed by atoms with Crippen molar-refractivity contribution >= 4 is 34.5 Å². The molecule has 1 amide bonds. The van der Waals surface area contributed by atoms with Crippen LogP contribution in [-0.4, -0.2) is 61.8 Å². The number of hydrogen-bond acceptors (Lipinski definition) is 6. The lowest BCUT2D eigenvalue weighted by molar-refractivity contribution is 0.0218. The number of carbonyl (C=O) groups excluding carboxylic acids is 1. The number of nitrogens with zero attached hydrogens (tertiary/aromatic N) is 6. The lowest BCUT2D eigenvalue weighted by Crippen LogP contribution is -2.54. The fourth-order valence-electron chi connectivity index (χ4n) is 4.57. The molecule has 4 aromatic rings. The molecule has 4 heterocycles. The average molecular weight is 505 g/mol. The van der Waals surface area contributed by atoms with Gasteiger partial charge in [-0.3, -0.25) is 4.98 Å². The molecule has 3 aromatic heterocycles. The number of halogens is 1. The minimum Gasteiger partial charge on any atom is -0.444 e. The molecule has 0 spiro atoms. The minimum atomic E-state index is -0.531. The molecule has 1 atom stereocenters. The Morgan fingerprint density at radius 2 is 1.92 bits per heavy atom. The van der Waals surface area contributed by atoms with E-state index in [1.54, 1.807) is 17.4 Å². The summed E-state index contributed by atoms with van der Waals surface area (Å²) in [6.45, 7) is 9.44. The summed E-state index contributed by atoms with van der Waals surface area (Å²) in [4.78, 5) is 30.7. The normalized spacial score (nSPS) is 16.4. The third-order valence-electron chi connectivity index (χ3n) is 6.14. The molecule has 1 aromatic carbocycles. The van der Waals surface area contributed by atoms with E-state index in [4.69, 9.17) is 21.3 Å². The first-order chi connectivity index (χ1) is 17.2. The second-order valence-corrected chi connectivity index (χ2v) is 10.4. The number of anilines is 1. The molecule has 0 saturated carbocycles. The summed E-state index contributed by atoms with van der Waals surface area (Å²) >= 11 is 6.31. The number of benzene rings is 1. The van der Waals surface area contributed by atoms with Gasteiger partial charge in [0.05, 0.1) is 11.1 Å². The number of hydrogen-bond donors (Lipinski definition) is 0. The maximum atomic E-state index is 12.7. The largest absolute Gasteiger partial charge is 0.444 e. The van der Waals surface area contributed by atoms with E-state index in [1.165, 1.54) is 0 Å². The van der Waals surface area contributed by atoms with Crippen molar-refractivity contribution in [2.45, 2.75) is 39.3 Å². The van der Waals surface area contributed by atoms with Gasteiger partial charge in [-0.15, -0.1) is 0 Å². The van der Waals surface area contributed by atoms with Crippen molar-refractivity contribution in [2.75, 3.05) is 24.5 Å². The second-order valence-electron chi connectivity index (χ2n) is 9.97. The monoisotopic (exact) mass is 504 g/mol. The zero-order valence-corrected chi connectivity index (χ0v) is 21.6. The van der Waals surface area contributed by atoms with Gasteiger partial charge in [-0.05, 0) is 58.0 Å². The number of aromatic nitrogens is 4. The Morgan fingerprint density at radius 3 is 2.61 bits per heavy atom. The summed E-state index contributed by atoms with van der Waals surface area (Å²) in [6, 6.07) is 13.6. The van der Waals surface area contributed by atoms with Gasteiger partial charge in [0.2, 0.25) is 0 Å². The standard InChI is InChI=1S/C27H29ClN6O2/c1-18-15-32(26(35)36-27(2,3)4)12-13-33(18)24-23-21(22-10-5-6-11-29-22)16-34(25(23)31-17-30-24)20-9-7-8-19(28)14-20/h5-11,14,16-18H,12-13,15H2,1-4H3/t18-/m0/s1. The highest BCUT2D eigenvalue weighted by molar-refractivity contribution is 6.30. The van der Waals surface area contributed by atoms with E-state index in [-0.39, 0.29) is 12.1 Å². The van der Waals surface area contributed by atoms with Crippen molar-refractivity contribution in [1.29, 1.82) is 0 Å². The van der Waals surface area contributed by atoms with E-state index >= 15 is 0 Å². The van der Waals surface area contributed by atoms with Crippen LogP contribution in [0.3, 0.4) is 0 Å². The Hall–Kier alpha value is -3.65. The Labute approximate surface area is 215 Å². The Balaban J connectivity index is 1.58. The molecule has 0 bridgehead atoms. The number of carbonyl (C=O) groups is 1. The maximum Gasteiger partial charge on any atom is 0.410 e. The highest BCUT2D eigenvalue weighted by atomic mass is 35.5. The van der Waals surface area contributed by atoms with Gasteiger partial charge in [-0.1, -0.05) is 23.7 Å². The summed E-state index contributed by atoms with van der Waals surface area (Å²) in [5.41, 5.74) is 2.91. The van der Waals surface area contributed by atoms with Crippen molar-refractivity contribution < 1.29 is 9.53 Å². The van der Waals surface area contributed by atoms with Crippen molar-refractivity contribution in [3.05, 3.63) is 66.2 Å². The van der Waals surface area contributed by atoms with Crippen molar-refractivity contribution in [3.63, 3.8) is 0 Å². The molecule has 186 valence electrons. The Morgan fingerprint density at radius 1 is 1.08 bits per heavy atom. The quantitative estimate of drug-likeness (QED) is 0.362. The van der Waals surface area contributed by atoms with E-state index in [9.17, 15) is 4.79 Å². The van der Waals surface area contributed by atoms with Crippen molar-refractivity contribution in [2.24, 2.45) is 0 Å². The van der Waals surface area contributed by atoms with Crippen LogP contribution in [-0.2, 0) is 4.74 Å². The third-order valence-corrected chi connectivity index (χ3v) is 6.38. The summed E-state index contributed by atoms with van der Waals surface area (Å²) in [7, 11) is 0. The van der Waals surface area contributed by atoms with E-state index in [0.717, 1.165) is 33.8 Å². The lowest BCUT2D eigenvalue weighted by atomic mass is 10.1. The molecule has 1 saturated heterocycles. The van der Waals surface area contributed by atoms with E-state index < -0.39 is 5.60 Å². The number of pyridine rings is 1. The van der Waals surface area contributed by atoms with E-state index in [0.29, 0.717) is 24.7 Å². The van der Waals surface area contributed by atoms with Crippen LogP contribution >= 0.6 is 11.6 Å². The van der Waals surface area contributed by atoms with Crippen LogP contribution in [0.15, 0.2) is 61.2 Å². The molecule has 0 aliphatic carbocycles. The van der Waals surface area contributed by atoms with Gasteiger partial charge >= 0.3 is 6.09 Å². The van der Waals surface area contributed by atoms with E-state index in [1.807, 2.05) is 74.0 Å². The van der Waals surface area contributed by atoms with Gasteiger partial charge in [-0.2, -0.15) is 0 Å². The first-order valence-electron chi connectivity index (χ1n) is 12.0. The summed E-state index contributed by atoms with van der Waals surface area (Å²) in [5, 5.41) is 1.56. The first-order valence-corrected chi connectivity index (χ1v) is 12.4. The lowest BCUT2D eigenvalue weighted by Gasteiger charge is -2.41. The number of fused-ring (bicyclic) bond motifs is 1. The molecule has 1 fully saturated rings. The smallest absolute Gasteiger partial charge is 0.410 e. The molecular weight excluding hydrogens is 476 g/mol. The second kappa shape index (κ2) is 9.43. The predicted octanol–water partition coefficient (Wildman–Crippen LogP) is 5.58. The zero-order valence-electron chi connectivity index (χ0n) is 20.8. The van der Waals surface area contributed by atoms with Crippen molar-refractivity contribution in [3.8, 4) is 16.9 Å². The summed E-state index contributed by atoms with van der Waals surface area (Å²) in [5.74, 6) is 0.817. The molecule has 1 aliphatic heterocycles. The van der Waals surface area contributed by atoms with Gasteiger partial charge < -0.3 is 19.1 Å². The number of ether oxygens (including phenoxy) is 1. The molecule has 0 radical (unpaired) electrons. The molecule has 9 heteroatoms. The molecule has 1 aliphatic rings. The topological polar surface area (TPSA) is 76.4 Å². The molecular formula is C27H29ClN6O2. The predicted molar refractivity (Wildman–Crippen MR) is 142 cm³/mol. The summed E-state index contributed by atoms with van der Waals surface area (Å²) < 4.78 is 7.62. The molecule has 8 nitrogen and oxygen atoms in total. The van der Waals surface area contributed by atoms with Crippen LogP contribution in [0.5, 0.6) is 0 Å². The number of piperazine rings is 1. The van der Waals surface area contributed by atoms with Crippen molar-refractivity contribution in [1.82, 2.24) is 24.4 Å². The van der Waals surface area contributed by atoms with Gasteiger partial charge in [-0.25, -0.2) is 14.8 Å². The Bertz CT molecular complexity index is 1400. The van der Waals surface area contributed by atoms with Crippen LogP contribution in [0.25, 0.3) is 28.0 Å². The number of amides is 1. The van der Waals surface area contributed by atoms with Crippen LogP contribution in [0, 0.1) is 0 Å². The summed E-state index contributed by atoms with van der Waals surface area (Å²) in [6.07, 6.45) is 5.12. The molecule has 5 rings (SSSR count). The fourth-order valence-corrected chi connectivity index (χ4v) is 4.75. The highest BCUT2D eigenvalue weighted by Gasteiger charge is 2.32. The van der Waals surface area contributed by atoms with Crippen LogP contribution in [0.4, 0.5) is 10.6 Å². The minimum absolute atomic E-state index is 0.0236. The average Bonchev–Trinajstić information content (AvgIpc) is 3.24. The van der Waals surface area contributed by atoms with Gasteiger partial charge in [0.1, 0.15) is 17.7 Å². The number of rotatable bonds is 3. The molecule has 0 N–H and O–H groups in total. The van der Waals surface area contributed by atoms with Crippen LogP contribution in [0.2, 0.25) is 5.02 Å². The highest BCUT2D eigenvalue weighted by Crippen LogP contribution is 2.37. The maximum absolute atomic E-state index is 12.7. The molecule has 36 heavy (non-hydrogen) atoms. The van der Waals surface area contributed by atoms with Crippen LogP contribution in [0.1, 0.15) is 27.7 Å². The Kier molecular flexibility index (Phi) is 6.30. The van der Waals surface area contributed by atoms with Gasteiger partial charge in [0.15, 0.2) is 5.65 Å². The first kappa shape index (κ1) is 24.1. The van der Waals surface area contributed by atoms with Gasteiger partial charge in [0, 0.05) is 54.3 Å².